The molecule has 168 valence electrons. The summed E-state index contributed by atoms with van der Waals surface area (Å²) in [4.78, 5) is 25.3. The molecule has 2 saturated heterocycles. The molecule has 10 heteroatoms. The quantitative estimate of drug-likeness (QED) is 0.526. The number of nitrogens with zero attached hydrogens (tertiary/aromatic N) is 6. The van der Waals surface area contributed by atoms with Crippen molar-refractivity contribution in [3.05, 3.63) is 24.0 Å². The highest BCUT2D eigenvalue weighted by atomic mass is 32.1. The van der Waals surface area contributed by atoms with E-state index in [4.69, 9.17) is 17.0 Å². The van der Waals surface area contributed by atoms with E-state index in [0.29, 0.717) is 18.1 Å². The van der Waals surface area contributed by atoms with Gasteiger partial charge in [0.05, 0.1) is 24.6 Å². The molecule has 31 heavy (non-hydrogen) atoms. The first-order chi connectivity index (χ1) is 15.1. The van der Waals surface area contributed by atoms with Gasteiger partial charge in [0.2, 0.25) is 5.91 Å². The zero-order valence-electron chi connectivity index (χ0n) is 18.1. The lowest BCUT2D eigenvalue weighted by Crippen LogP contribution is -2.52. The van der Waals surface area contributed by atoms with E-state index in [1.165, 1.54) is 0 Å². The van der Waals surface area contributed by atoms with Crippen molar-refractivity contribution >= 4 is 34.6 Å². The van der Waals surface area contributed by atoms with Gasteiger partial charge in [-0.1, -0.05) is 0 Å². The molecule has 0 atom stereocenters. The van der Waals surface area contributed by atoms with Crippen molar-refractivity contribution in [1.82, 2.24) is 25.1 Å². The molecule has 1 aromatic rings. The van der Waals surface area contributed by atoms with Gasteiger partial charge < -0.3 is 14.5 Å². The highest BCUT2D eigenvalue weighted by Crippen LogP contribution is 2.25. The van der Waals surface area contributed by atoms with Crippen molar-refractivity contribution in [3.63, 3.8) is 0 Å². The zero-order chi connectivity index (χ0) is 21.6. The predicted molar refractivity (Wildman–Crippen MR) is 124 cm³/mol. The monoisotopic (exact) mass is 445 g/mol. The Kier molecular flexibility index (Phi) is 7.44. The van der Waals surface area contributed by atoms with Gasteiger partial charge in [0.25, 0.3) is 0 Å². The molecular formula is C21H31N7O2S. The smallest absolute Gasteiger partial charge is 0.223 e. The Balaban J connectivity index is 1.27. The van der Waals surface area contributed by atoms with Gasteiger partial charge in [0.1, 0.15) is 5.69 Å². The van der Waals surface area contributed by atoms with Gasteiger partial charge in [-0.05, 0) is 24.4 Å². The summed E-state index contributed by atoms with van der Waals surface area (Å²) in [5, 5.41) is 5.21. The largest absolute Gasteiger partial charge is 0.379 e. The van der Waals surface area contributed by atoms with Crippen LogP contribution >= 0.6 is 12.2 Å². The first kappa shape index (κ1) is 22.1. The number of nitrogens with one attached hydrogen (secondary N) is 1. The molecule has 0 radical (unpaired) electrons. The molecule has 4 heterocycles. The Morgan fingerprint density at radius 1 is 1.13 bits per heavy atom. The van der Waals surface area contributed by atoms with Crippen LogP contribution in [0.25, 0.3) is 0 Å². The molecule has 3 aliphatic rings. The van der Waals surface area contributed by atoms with Crippen LogP contribution in [-0.4, -0.2) is 109 Å². The number of piperazine rings is 1. The molecule has 0 saturated carbocycles. The van der Waals surface area contributed by atoms with Crippen LogP contribution in [0.3, 0.4) is 0 Å². The lowest BCUT2D eigenvalue weighted by molar-refractivity contribution is -0.116. The Morgan fingerprint density at radius 3 is 2.55 bits per heavy atom. The van der Waals surface area contributed by atoms with E-state index < -0.39 is 0 Å². The highest BCUT2D eigenvalue weighted by Gasteiger charge is 2.26. The van der Waals surface area contributed by atoms with Crippen LogP contribution in [0.2, 0.25) is 0 Å². The van der Waals surface area contributed by atoms with E-state index >= 15 is 0 Å². The van der Waals surface area contributed by atoms with Crippen LogP contribution in [-0.2, 0) is 9.53 Å². The minimum atomic E-state index is 0.0169. The van der Waals surface area contributed by atoms with Crippen LogP contribution in [0.15, 0.2) is 23.4 Å². The number of hydrogen-bond acceptors (Lipinski definition) is 7. The van der Waals surface area contributed by atoms with Gasteiger partial charge in [-0.3, -0.25) is 25.0 Å². The fourth-order valence-corrected chi connectivity index (χ4v) is 4.43. The summed E-state index contributed by atoms with van der Waals surface area (Å²) in [7, 11) is 0. The molecule has 1 N–H and O–H groups in total. The molecule has 0 aliphatic carbocycles. The molecule has 3 aliphatic heterocycles. The summed E-state index contributed by atoms with van der Waals surface area (Å²) in [6.07, 6.45) is 2.38. The van der Waals surface area contributed by atoms with E-state index in [9.17, 15) is 4.79 Å². The molecule has 9 nitrogen and oxygen atoms in total. The number of anilines is 1. The van der Waals surface area contributed by atoms with E-state index in [1.54, 1.807) is 18.0 Å². The van der Waals surface area contributed by atoms with E-state index in [0.717, 1.165) is 82.7 Å². The number of pyridine rings is 1. The van der Waals surface area contributed by atoms with Crippen molar-refractivity contribution in [2.24, 2.45) is 5.10 Å². The maximum absolute atomic E-state index is 11.9. The maximum Gasteiger partial charge on any atom is 0.223 e. The Morgan fingerprint density at radius 2 is 1.84 bits per heavy atom. The van der Waals surface area contributed by atoms with E-state index in [-0.39, 0.29) is 5.91 Å². The second-order valence-electron chi connectivity index (χ2n) is 8.05. The Hall–Kier alpha value is -2.14. The molecule has 0 aromatic carbocycles. The third-order valence-corrected chi connectivity index (χ3v) is 6.43. The second kappa shape index (κ2) is 10.4. The number of hydrazone groups is 1. The van der Waals surface area contributed by atoms with Gasteiger partial charge in [0, 0.05) is 78.4 Å². The SMILES string of the molecule is CC(=O)N1CC/C(=N/NC(=S)N2CCN(CCN3CCOCC3)CC2)c2ncccc21. The van der Waals surface area contributed by atoms with Crippen molar-refractivity contribution < 1.29 is 9.53 Å². The highest BCUT2D eigenvalue weighted by molar-refractivity contribution is 7.80. The van der Waals surface area contributed by atoms with Crippen molar-refractivity contribution in [3.8, 4) is 0 Å². The number of ether oxygens (including phenoxy) is 1. The fourth-order valence-electron chi connectivity index (χ4n) is 4.20. The van der Waals surface area contributed by atoms with Gasteiger partial charge in [-0.2, -0.15) is 5.10 Å². The molecule has 0 spiro atoms. The van der Waals surface area contributed by atoms with E-state index in [2.05, 4.69) is 30.2 Å². The van der Waals surface area contributed by atoms with Crippen molar-refractivity contribution in [2.75, 3.05) is 77.0 Å². The molecule has 0 unspecified atom stereocenters. The number of hydrogen-bond donors (Lipinski definition) is 1. The minimum Gasteiger partial charge on any atom is -0.379 e. The summed E-state index contributed by atoms with van der Waals surface area (Å²) in [5.74, 6) is 0.0169. The van der Waals surface area contributed by atoms with Gasteiger partial charge >= 0.3 is 0 Å². The lowest BCUT2D eigenvalue weighted by Gasteiger charge is -2.37. The number of amides is 1. The summed E-state index contributed by atoms with van der Waals surface area (Å²) in [6, 6.07) is 3.75. The average Bonchev–Trinajstić information content (AvgIpc) is 2.81. The molecule has 1 amide bonds. The van der Waals surface area contributed by atoms with E-state index in [1.807, 2.05) is 12.1 Å². The molecular weight excluding hydrogens is 414 g/mol. The van der Waals surface area contributed by atoms with Gasteiger partial charge in [-0.15, -0.1) is 0 Å². The molecule has 4 rings (SSSR count). The van der Waals surface area contributed by atoms with Crippen molar-refractivity contribution in [1.29, 1.82) is 0 Å². The molecule has 0 bridgehead atoms. The van der Waals surface area contributed by atoms with Crippen molar-refractivity contribution in [2.45, 2.75) is 13.3 Å². The van der Waals surface area contributed by atoms with Crippen LogP contribution in [0.4, 0.5) is 5.69 Å². The number of fused-ring (bicyclic) bond motifs is 1. The van der Waals surface area contributed by atoms with Gasteiger partial charge in [0.15, 0.2) is 5.11 Å². The number of carbonyl (C=O) groups excluding carboxylic acids is 1. The standard InChI is InChI=1S/C21H31N7O2S/c1-17(29)28-6-4-18(20-19(28)3-2-5-22-20)23-24-21(31)27-11-9-25(10-12-27)7-8-26-13-15-30-16-14-26/h2-3,5H,4,6-16H2,1H3,(H,24,31)/b23-18-. The summed E-state index contributed by atoms with van der Waals surface area (Å²) in [6.45, 7) is 11.9. The predicted octanol–water partition coefficient (Wildman–Crippen LogP) is 0.367. The normalized spacial score (nSPS) is 21.8. The van der Waals surface area contributed by atoms with Gasteiger partial charge in [-0.25, -0.2) is 0 Å². The molecule has 1 aromatic heterocycles. The number of carbonyl (C=O) groups is 1. The average molecular weight is 446 g/mol. The summed E-state index contributed by atoms with van der Waals surface area (Å²) in [5.41, 5.74) is 5.45. The summed E-state index contributed by atoms with van der Waals surface area (Å²) < 4.78 is 5.42. The number of thiocarbonyl (C=S) groups is 1. The zero-order valence-corrected chi connectivity index (χ0v) is 18.9. The first-order valence-corrected chi connectivity index (χ1v) is 11.4. The topological polar surface area (TPSA) is 76.5 Å². The second-order valence-corrected chi connectivity index (χ2v) is 8.44. The maximum atomic E-state index is 11.9. The van der Waals surface area contributed by atoms with Crippen LogP contribution in [0.1, 0.15) is 19.0 Å². The first-order valence-electron chi connectivity index (χ1n) is 11.0. The Labute approximate surface area is 189 Å². The minimum absolute atomic E-state index is 0.0169. The lowest BCUT2D eigenvalue weighted by atomic mass is 10.1. The number of rotatable bonds is 4. The fraction of sp³-hybridized carbons (Fsp3) is 0.619. The number of aromatic nitrogens is 1. The third kappa shape index (κ3) is 5.57. The number of morpholine rings is 1. The summed E-state index contributed by atoms with van der Waals surface area (Å²) >= 11 is 5.59. The van der Waals surface area contributed by atoms with Crippen LogP contribution < -0.4 is 10.3 Å². The third-order valence-electron chi connectivity index (χ3n) is 6.09. The molecule has 2 fully saturated rings. The Bertz CT molecular complexity index is 820. The van der Waals surface area contributed by atoms with Crippen LogP contribution in [0, 0.1) is 0 Å². The van der Waals surface area contributed by atoms with Crippen LogP contribution in [0.5, 0.6) is 0 Å².